The zero-order chi connectivity index (χ0) is 11.1. The summed E-state index contributed by atoms with van der Waals surface area (Å²) in [7, 11) is 0. The SMILES string of the molecule is CCOC[C@H](O)[C@@H](O)[C@H](O)[C@H](O)CO. The summed E-state index contributed by atoms with van der Waals surface area (Å²) < 4.78 is 4.81. The van der Waals surface area contributed by atoms with Crippen molar-refractivity contribution in [3.8, 4) is 0 Å². The second kappa shape index (κ2) is 7.10. The van der Waals surface area contributed by atoms with E-state index in [1.807, 2.05) is 0 Å². The third-order valence-corrected chi connectivity index (χ3v) is 1.82. The van der Waals surface area contributed by atoms with Crippen LogP contribution >= 0.6 is 0 Å². The van der Waals surface area contributed by atoms with E-state index in [9.17, 15) is 15.3 Å². The molecule has 14 heavy (non-hydrogen) atoms. The van der Waals surface area contributed by atoms with Gasteiger partial charge in [0.2, 0.25) is 0 Å². The van der Waals surface area contributed by atoms with Gasteiger partial charge in [0.05, 0.1) is 13.2 Å². The predicted octanol–water partition coefficient (Wildman–Crippen LogP) is -2.54. The average Bonchev–Trinajstić information content (AvgIpc) is 2.22. The first kappa shape index (κ1) is 13.8. The molecule has 0 unspecified atom stereocenters. The lowest BCUT2D eigenvalue weighted by molar-refractivity contribution is -0.128. The van der Waals surface area contributed by atoms with E-state index in [0.717, 1.165) is 0 Å². The Morgan fingerprint density at radius 3 is 1.93 bits per heavy atom. The van der Waals surface area contributed by atoms with Crippen LogP contribution < -0.4 is 0 Å². The Morgan fingerprint density at radius 2 is 1.50 bits per heavy atom. The lowest BCUT2D eigenvalue weighted by Gasteiger charge is -2.25. The Balaban J connectivity index is 3.95. The largest absolute Gasteiger partial charge is 0.394 e. The molecule has 0 amide bonds. The summed E-state index contributed by atoms with van der Waals surface area (Å²) in [5, 5.41) is 45.1. The van der Waals surface area contributed by atoms with E-state index in [1.165, 1.54) is 0 Å². The number of aliphatic hydroxyl groups is 5. The molecule has 0 rings (SSSR count). The lowest BCUT2D eigenvalue weighted by atomic mass is 10.0. The molecule has 0 bridgehead atoms. The fourth-order valence-corrected chi connectivity index (χ4v) is 0.900. The minimum absolute atomic E-state index is 0.132. The summed E-state index contributed by atoms with van der Waals surface area (Å²) in [4.78, 5) is 0. The van der Waals surface area contributed by atoms with Crippen LogP contribution in [-0.4, -0.2) is 69.8 Å². The molecule has 0 aliphatic heterocycles. The molecular weight excluding hydrogens is 192 g/mol. The maximum Gasteiger partial charge on any atom is 0.111 e. The first-order valence-electron chi connectivity index (χ1n) is 4.45. The van der Waals surface area contributed by atoms with Crippen molar-refractivity contribution in [2.45, 2.75) is 31.3 Å². The summed E-state index contributed by atoms with van der Waals surface area (Å²) >= 11 is 0. The molecule has 0 aromatic rings. The van der Waals surface area contributed by atoms with Crippen LogP contribution in [0.4, 0.5) is 0 Å². The highest BCUT2D eigenvalue weighted by Crippen LogP contribution is 2.05. The maximum atomic E-state index is 9.26. The van der Waals surface area contributed by atoms with Gasteiger partial charge in [0.25, 0.3) is 0 Å². The third-order valence-electron chi connectivity index (χ3n) is 1.82. The van der Waals surface area contributed by atoms with Gasteiger partial charge in [-0.25, -0.2) is 0 Å². The van der Waals surface area contributed by atoms with Gasteiger partial charge in [0.1, 0.15) is 24.4 Å². The molecule has 0 saturated carbocycles. The van der Waals surface area contributed by atoms with Crippen LogP contribution in [0.3, 0.4) is 0 Å². The minimum atomic E-state index is -1.59. The predicted molar refractivity (Wildman–Crippen MR) is 47.6 cm³/mol. The van der Waals surface area contributed by atoms with Gasteiger partial charge < -0.3 is 30.3 Å². The van der Waals surface area contributed by atoms with Crippen molar-refractivity contribution >= 4 is 0 Å². The van der Waals surface area contributed by atoms with Crippen molar-refractivity contribution in [1.82, 2.24) is 0 Å². The molecule has 0 aliphatic carbocycles. The normalized spacial score (nSPS) is 20.1. The van der Waals surface area contributed by atoms with E-state index in [-0.39, 0.29) is 6.61 Å². The Morgan fingerprint density at radius 1 is 1.00 bits per heavy atom. The molecular formula is C8H18O6. The molecule has 0 radical (unpaired) electrons. The molecule has 0 aromatic carbocycles. The number of aliphatic hydroxyl groups excluding tert-OH is 5. The van der Waals surface area contributed by atoms with Crippen LogP contribution in [0.2, 0.25) is 0 Å². The minimum Gasteiger partial charge on any atom is -0.394 e. The Bertz CT molecular complexity index is 142. The zero-order valence-corrected chi connectivity index (χ0v) is 8.08. The monoisotopic (exact) mass is 210 g/mol. The molecule has 5 N–H and O–H groups in total. The van der Waals surface area contributed by atoms with E-state index in [4.69, 9.17) is 14.9 Å². The van der Waals surface area contributed by atoms with Crippen LogP contribution in [0.5, 0.6) is 0 Å². The Kier molecular flexibility index (Phi) is 6.98. The van der Waals surface area contributed by atoms with Crippen LogP contribution in [0.15, 0.2) is 0 Å². The van der Waals surface area contributed by atoms with Gasteiger partial charge in [-0.15, -0.1) is 0 Å². The molecule has 4 atom stereocenters. The van der Waals surface area contributed by atoms with Gasteiger partial charge in [0.15, 0.2) is 0 Å². The summed E-state index contributed by atoms with van der Waals surface area (Å²) in [5.41, 5.74) is 0. The first-order valence-corrected chi connectivity index (χ1v) is 4.45. The van der Waals surface area contributed by atoms with Crippen molar-refractivity contribution in [2.75, 3.05) is 19.8 Å². The molecule has 0 spiro atoms. The van der Waals surface area contributed by atoms with Crippen molar-refractivity contribution in [1.29, 1.82) is 0 Å². The first-order chi connectivity index (χ1) is 6.54. The third kappa shape index (κ3) is 4.32. The molecule has 0 aliphatic rings. The number of hydrogen-bond donors (Lipinski definition) is 5. The van der Waals surface area contributed by atoms with Crippen molar-refractivity contribution in [3.63, 3.8) is 0 Å². The molecule has 6 heteroatoms. The van der Waals surface area contributed by atoms with Crippen LogP contribution in [0.25, 0.3) is 0 Å². The average molecular weight is 210 g/mol. The fourth-order valence-electron chi connectivity index (χ4n) is 0.900. The zero-order valence-electron chi connectivity index (χ0n) is 8.08. The van der Waals surface area contributed by atoms with E-state index in [0.29, 0.717) is 6.61 Å². The van der Waals surface area contributed by atoms with E-state index in [1.54, 1.807) is 6.92 Å². The second-order valence-electron chi connectivity index (χ2n) is 2.96. The van der Waals surface area contributed by atoms with E-state index >= 15 is 0 Å². The lowest BCUT2D eigenvalue weighted by Crippen LogP contribution is -2.47. The van der Waals surface area contributed by atoms with Gasteiger partial charge in [-0.1, -0.05) is 0 Å². The van der Waals surface area contributed by atoms with E-state index in [2.05, 4.69) is 0 Å². The van der Waals surface area contributed by atoms with Crippen molar-refractivity contribution < 1.29 is 30.3 Å². The molecule has 86 valence electrons. The van der Waals surface area contributed by atoms with Crippen molar-refractivity contribution in [2.24, 2.45) is 0 Å². The van der Waals surface area contributed by atoms with E-state index < -0.39 is 31.0 Å². The Labute approximate surface area is 82.4 Å². The smallest absolute Gasteiger partial charge is 0.111 e. The summed E-state index contributed by atoms with van der Waals surface area (Å²) in [6.45, 7) is 1.28. The number of hydrogen-bond acceptors (Lipinski definition) is 6. The highest BCUT2D eigenvalue weighted by atomic mass is 16.5. The van der Waals surface area contributed by atoms with Crippen LogP contribution in [0.1, 0.15) is 6.92 Å². The van der Waals surface area contributed by atoms with Gasteiger partial charge in [-0.3, -0.25) is 0 Å². The second-order valence-corrected chi connectivity index (χ2v) is 2.96. The highest BCUT2D eigenvalue weighted by Gasteiger charge is 2.29. The molecule has 0 saturated heterocycles. The molecule has 0 fully saturated rings. The Hall–Kier alpha value is -0.240. The van der Waals surface area contributed by atoms with Gasteiger partial charge >= 0.3 is 0 Å². The topological polar surface area (TPSA) is 110 Å². The van der Waals surface area contributed by atoms with Crippen molar-refractivity contribution in [3.05, 3.63) is 0 Å². The fraction of sp³-hybridized carbons (Fsp3) is 1.00. The van der Waals surface area contributed by atoms with Gasteiger partial charge in [0, 0.05) is 6.61 Å². The quantitative estimate of drug-likeness (QED) is 0.316. The van der Waals surface area contributed by atoms with Gasteiger partial charge in [-0.05, 0) is 6.92 Å². The summed E-state index contributed by atoms with van der Waals surface area (Å²) in [6.07, 6.45) is -5.88. The molecule has 0 heterocycles. The standard InChI is InChI=1S/C8H18O6/c1-2-14-4-6(11)8(13)7(12)5(10)3-9/h5-13H,2-4H2,1H3/t5-,6+,7-,8-/m1/s1. The summed E-state index contributed by atoms with van der Waals surface area (Å²) in [6, 6.07) is 0. The maximum absolute atomic E-state index is 9.26. The van der Waals surface area contributed by atoms with Gasteiger partial charge in [-0.2, -0.15) is 0 Å². The highest BCUT2D eigenvalue weighted by molar-refractivity contribution is 4.80. The molecule has 0 aromatic heterocycles. The van der Waals surface area contributed by atoms with Crippen LogP contribution in [0, 0.1) is 0 Å². The molecule has 6 nitrogen and oxygen atoms in total. The number of ether oxygens (including phenoxy) is 1. The van der Waals surface area contributed by atoms with Crippen LogP contribution in [-0.2, 0) is 4.74 Å². The number of rotatable bonds is 7. The summed E-state index contributed by atoms with van der Waals surface area (Å²) in [5.74, 6) is 0.